The molecule has 2 amide bonds. The van der Waals surface area contributed by atoms with Crippen LogP contribution in [-0.4, -0.2) is 17.2 Å². The number of amides is 2. The molecule has 1 aromatic rings. The zero-order valence-corrected chi connectivity index (χ0v) is 10.6. The van der Waals surface area contributed by atoms with Gasteiger partial charge in [-0.1, -0.05) is 19.1 Å². The summed E-state index contributed by atoms with van der Waals surface area (Å²) in [5.41, 5.74) is 1.01. The predicted molar refractivity (Wildman–Crippen MR) is 70.4 cm³/mol. The summed E-state index contributed by atoms with van der Waals surface area (Å²) in [6.45, 7) is 2.03. The Hall–Kier alpha value is -1.71. The van der Waals surface area contributed by atoms with Crippen LogP contribution in [0.3, 0.4) is 0 Å². The van der Waals surface area contributed by atoms with Crippen LogP contribution >= 0.6 is 0 Å². The Morgan fingerprint density at radius 3 is 2.56 bits per heavy atom. The molecular formula is C14H20N2O2. The van der Waals surface area contributed by atoms with Crippen molar-refractivity contribution in [3.05, 3.63) is 29.8 Å². The van der Waals surface area contributed by atoms with E-state index in [0.29, 0.717) is 6.04 Å². The number of aromatic hydroxyl groups is 1. The summed E-state index contributed by atoms with van der Waals surface area (Å²) in [5.74, 6) is 0.243. The number of nitrogens with one attached hydrogen (secondary N) is 2. The predicted octanol–water partition coefficient (Wildman–Crippen LogP) is 2.70. The van der Waals surface area contributed by atoms with Gasteiger partial charge in [-0.3, -0.25) is 0 Å². The molecule has 0 aliphatic heterocycles. The number of rotatable bonds is 4. The van der Waals surface area contributed by atoms with Crippen molar-refractivity contribution in [2.75, 3.05) is 0 Å². The summed E-state index contributed by atoms with van der Waals surface area (Å²) in [7, 11) is 0. The number of phenols is 1. The zero-order chi connectivity index (χ0) is 13.0. The Morgan fingerprint density at radius 1 is 1.39 bits per heavy atom. The number of carbonyl (C=O) groups is 1. The van der Waals surface area contributed by atoms with E-state index in [1.54, 1.807) is 12.1 Å². The number of carbonyl (C=O) groups excluding carboxylic acids is 1. The molecule has 1 aromatic carbocycles. The first-order valence-corrected chi connectivity index (χ1v) is 6.55. The average Bonchev–Trinajstić information content (AvgIpc) is 2.32. The van der Waals surface area contributed by atoms with Gasteiger partial charge in [0.25, 0.3) is 0 Å². The molecule has 98 valence electrons. The number of benzene rings is 1. The topological polar surface area (TPSA) is 61.4 Å². The van der Waals surface area contributed by atoms with Crippen molar-refractivity contribution in [2.24, 2.45) is 0 Å². The monoisotopic (exact) mass is 248 g/mol. The SMILES string of the molecule is CCC(NC(=O)NC1CCC1)c1ccc(O)cc1. The first-order valence-electron chi connectivity index (χ1n) is 6.55. The molecule has 0 radical (unpaired) electrons. The van der Waals surface area contributed by atoms with Crippen molar-refractivity contribution in [1.82, 2.24) is 10.6 Å². The van der Waals surface area contributed by atoms with Crippen LogP contribution in [0.25, 0.3) is 0 Å². The van der Waals surface area contributed by atoms with E-state index in [1.165, 1.54) is 6.42 Å². The smallest absolute Gasteiger partial charge is 0.315 e. The van der Waals surface area contributed by atoms with Gasteiger partial charge < -0.3 is 15.7 Å². The molecule has 3 N–H and O–H groups in total. The largest absolute Gasteiger partial charge is 0.508 e. The van der Waals surface area contributed by atoms with Crippen molar-refractivity contribution >= 4 is 6.03 Å². The zero-order valence-electron chi connectivity index (χ0n) is 10.6. The van der Waals surface area contributed by atoms with Gasteiger partial charge in [-0.05, 0) is 43.4 Å². The molecule has 0 heterocycles. The molecule has 2 rings (SSSR count). The molecule has 0 aromatic heterocycles. The quantitative estimate of drug-likeness (QED) is 0.767. The van der Waals surface area contributed by atoms with Crippen molar-refractivity contribution in [3.63, 3.8) is 0 Å². The molecule has 1 atom stereocenters. The molecule has 1 unspecified atom stereocenters. The molecule has 1 aliphatic rings. The maximum Gasteiger partial charge on any atom is 0.315 e. The maximum atomic E-state index is 11.8. The lowest BCUT2D eigenvalue weighted by molar-refractivity contribution is 0.224. The Labute approximate surface area is 107 Å². The summed E-state index contributed by atoms with van der Waals surface area (Å²) in [6.07, 6.45) is 4.20. The van der Waals surface area contributed by atoms with Crippen molar-refractivity contribution in [1.29, 1.82) is 0 Å². The first kappa shape index (κ1) is 12.7. The molecule has 1 fully saturated rings. The van der Waals surface area contributed by atoms with E-state index >= 15 is 0 Å². The van der Waals surface area contributed by atoms with Gasteiger partial charge in [-0.2, -0.15) is 0 Å². The van der Waals surface area contributed by atoms with Crippen LogP contribution in [0.2, 0.25) is 0 Å². The third-order valence-electron chi connectivity index (χ3n) is 3.45. The average molecular weight is 248 g/mol. The van der Waals surface area contributed by atoms with Gasteiger partial charge in [0.15, 0.2) is 0 Å². The summed E-state index contributed by atoms with van der Waals surface area (Å²) < 4.78 is 0. The van der Waals surface area contributed by atoms with E-state index in [1.807, 2.05) is 19.1 Å². The van der Waals surface area contributed by atoms with E-state index < -0.39 is 0 Å². The second kappa shape index (κ2) is 5.76. The van der Waals surface area contributed by atoms with Crippen LogP contribution in [0.1, 0.15) is 44.2 Å². The van der Waals surface area contributed by atoms with Crippen LogP contribution in [0.5, 0.6) is 5.75 Å². The van der Waals surface area contributed by atoms with Crippen molar-refractivity contribution in [2.45, 2.75) is 44.7 Å². The molecule has 4 heteroatoms. The third-order valence-corrected chi connectivity index (χ3v) is 3.45. The minimum absolute atomic E-state index is 0.00863. The second-order valence-corrected chi connectivity index (χ2v) is 4.80. The number of urea groups is 1. The lowest BCUT2D eigenvalue weighted by atomic mass is 9.93. The molecule has 1 aliphatic carbocycles. The third kappa shape index (κ3) is 3.15. The molecule has 0 bridgehead atoms. The van der Waals surface area contributed by atoms with Crippen LogP contribution in [-0.2, 0) is 0 Å². The Balaban J connectivity index is 1.91. The van der Waals surface area contributed by atoms with E-state index in [2.05, 4.69) is 10.6 Å². The number of hydrogen-bond donors (Lipinski definition) is 3. The molecule has 0 spiro atoms. The first-order chi connectivity index (χ1) is 8.69. The van der Waals surface area contributed by atoms with Gasteiger partial charge in [0, 0.05) is 6.04 Å². The standard InChI is InChI=1S/C14H20N2O2/c1-2-13(10-6-8-12(17)9-7-10)16-14(18)15-11-4-3-5-11/h6-9,11,13,17H,2-5H2,1H3,(H2,15,16,18). The van der Waals surface area contributed by atoms with Crippen LogP contribution in [0.15, 0.2) is 24.3 Å². The molecule has 0 saturated heterocycles. The fraction of sp³-hybridized carbons (Fsp3) is 0.500. The van der Waals surface area contributed by atoms with Gasteiger partial charge >= 0.3 is 6.03 Å². The van der Waals surface area contributed by atoms with Gasteiger partial charge in [0.2, 0.25) is 0 Å². The Morgan fingerprint density at radius 2 is 2.06 bits per heavy atom. The number of hydrogen-bond acceptors (Lipinski definition) is 2. The van der Waals surface area contributed by atoms with Gasteiger partial charge in [0.05, 0.1) is 6.04 Å². The van der Waals surface area contributed by atoms with Crippen molar-refractivity contribution < 1.29 is 9.90 Å². The highest BCUT2D eigenvalue weighted by molar-refractivity contribution is 5.74. The minimum Gasteiger partial charge on any atom is -0.508 e. The van der Waals surface area contributed by atoms with E-state index in [4.69, 9.17) is 0 Å². The van der Waals surface area contributed by atoms with Gasteiger partial charge in [0.1, 0.15) is 5.75 Å². The molecule has 4 nitrogen and oxygen atoms in total. The fourth-order valence-electron chi connectivity index (χ4n) is 2.07. The van der Waals surface area contributed by atoms with E-state index in [9.17, 15) is 9.90 Å². The lowest BCUT2D eigenvalue weighted by Gasteiger charge is -2.27. The van der Waals surface area contributed by atoms with Crippen LogP contribution in [0, 0.1) is 0 Å². The highest BCUT2D eigenvalue weighted by Gasteiger charge is 2.20. The summed E-state index contributed by atoms with van der Waals surface area (Å²) >= 11 is 0. The fourth-order valence-corrected chi connectivity index (χ4v) is 2.07. The van der Waals surface area contributed by atoms with E-state index in [0.717, 1.165) is 24.8 Å². The summed E-state index contributed by atoms with van der Waals surface area (Å²) in [5, 5.41) is 15.2. The second-order valence-electron chi connectivity index (χ2n) is 4.80. The maximum absolute atomic E-state index is 11.8. The lowest BCUT2D eigenvalue weighted by Crippen LogP contribution is -2.46. The Bertz CT molecular complexity index is 399. The van der Waals surface area contributed by atoms with Gasteiger partial charge in [-0.15, -0.1) is 0 Å². The van der Waals surface area contributed by atoms with Crippen molar-refractivity contribution in [3.8, 4) is 5.75 Å². The highest BCUT2D eigenvalue weighted by Crippen LogP contribution is 2.20. The molecule has 1 saturated carbocycles. The molecular weight excluding hydrogens is 228 g/mol. The van der Waals surface area contributed by atoms with Crippen LogP contribution < -0.4 is 10.6 Å². The summed E-state index contributed by atoms with van der Waals surface area (Å²) in [6, 6.07) is 7.21. The highest BCUT2D eigenvalue weighted by atomic mass is 16.3. The van der Waals surface area contributed by atoms with Crippen LogP contribution in [0.4, 0.5) is 4.79 Å². The minimum atomic E-state index is -0.0976. The summed E-state index contributed by atoms with van der Waals surface area (Å²) in [4.78, 5) is 11.8. The normalized spacial score (nSPS) is 16.7. The van der Waals surface area contributed by atoms with Gasteiger partial charge in [-0.25, -0.2) is 4.79 Å². The Kier molecular flexibility index (Phi) is 4.07. The van der Waals surface area contributed by atoms with E-state index in [-0.39, 0.29) is 17.8 Å². The molecule has 18 heavy (non-hydrogen) atoms. The number of phenolic OH excluding ortho intramolecular Hbond substituents is 1.